The van der Waals surface area contributed by atoms with Gasteiger partial charge in [-0.05, 0) is 0 Å². The van der Waals surface area contributed by atoms with Crippen LogP contribution < -0.4 is 10.5 Å². The number of alkyl halides is 3. The minimum Gasteiger partial charge on any atom is -0.450 e. The third-order valence-electron chi connectivity index (χ3n) is 3.11. The van der Waals surface area contributed by atoms with E-state index < -0.39 is 40.3 Å². The molecule has 1 aromatic carbocycles. The number of nitrogen functional groups attached to an aromatic ring is 1. The molecule has 126 valence electrons. The molecule has 0 amide bonds. The van der Waals surface area contributed by atoms with Crippen molar-refractivity contribution in [3.63, 3.8) is 0 Å². The second-order valence-corrected chi connectivity index (χ2v) is 5.17. The van der Waals surface area contributed by atoms with Crippen LogP contribution in [0, 0.1) is 11.6 Å². The van der Waals surface area contributed by atoms with Crippen LogP contribution in [0.15, 0.2) is 24.4 Å². The van der Waals surface area contributed by atoms with E-state index in [0.29, 0.717) is 6.20 Å². The van der Waals surface area contributed by atoms with E-state index in [1.54, 1.807) is 0 Å². The summed E-state index contributed by atoms with van der Waals surface area (Å²) in [5.74, 6) is -3.74. The highest BCUT2D eigenvalue weighted by Crippen LogP contribution is 2.41. The van der Waals surface area contributed by atoms with E-state index >= 15 is 0 Å². The molecule has 10 heteroatoms. The van der Waals surface area contributed by atoms with Gasteiger partial charge in [0.2, 0.25) is 0 Å². The second kappa shape index (κ2) is 5.52. The number of halogens is 6. The maximum Gasteiger partial charge on any atom is 0.418 e. The first-order chi connectivity index (χ1) is 11.2. The Labute approximate surface area is 136 Å². The van der Waals surface area contributed by atoms with Crippen molar-refractivity contribution in [2.75, 3.05) is 5.73 Å². The molecule has 0 aliphatic rings. The number of aromatic nitrogens is 2. The summed E-state index contributed by atoms with van der Waals surface area (Å²) in [6.07, 6.45) is -4.07. The largest absolute Gasteiger partial charge is 0.450 e. The van der Waals surface area contributed by atoms with E-state index in [1.165, 1.54) is 0 Å². The zero-order valence-electron chi connectivity index (χ0n) is 11.5. The predicted octanol–water partition coefficient (Wildman–Crippen LogP) is 4.89. The SMILES string of the molecule is Nc1cc(F)c(Oc2cc(Cl)nc3[nH]cc(C(F)(F)F)c23)c(F)c1. The molecule has 24 heavy (non-hydrogen) atoms. The standard InChI is InChI=1S/C14H7ClF5N3O/c15-10-3-9(24-12-7(16)1-5(21)2-8(12)17)11-6(14(18,19)20)4-22-13(11)23-10/h1-4H,21H2,(H,22,23). The van der Waals surface area contributed by atoms with Crippen molar-refractivity contribution >= 4 is 28.3 Å². The number of ether oxygens (including phenoxy) is 1. The fourth-order valence-corrected chi connectivity index (χ4v) is 2.34. The first kappa shape index (κ1) is 16.3. The quantitative estimate of drug-likeness (QED) is 0.387. The minimum atomic E-state index is -4.73. The fourth-order valence-electron chi connectivity index (χ4n) is 2.16. The van der Waals surface area contributed by atoms with E-state index in [-0.39, 0.29) is 16.5 Å². The average molecular weight is 364 g/mol. The first-order valence-corrected chi connectivity index (χ1v) is 6.72. The molecule has 2 heterocycles. The molecule has 0 aliphatic heterocycles. The van der Waals surface area contributed by atoms with Crippen molar-refractivity contribution in [1.82, 2.24) is 9.97 Å². The lowest BCUT2D eigenvalue weighted by Crippen LogP contribution is -2.04. The van der Waals surface area contributed by atoms with E-state index in [4.69, 9.17) is 22.1 Å². The average Bonchev–Trinajstić information content (AvgIpc) is 2.86. The van der Waals surface area contributed by atoms with Crippen LogP contribution in [0.2, 0.25) is 5.15 Å². The number of hydrogen-bond acceptors (Lipinski definition) is 3. The normalized spacial score (nSPS) is 11.9. The molecule has 3 aromatic rings. The number of pyridine rings is 1. The van der Waals surface area contributed by atoms with E-state index in [1.807, 2.05) is 0 Å². The number of nitrogens with zero attached hydrogens (tertiary/aromatic N) is 1. The smallest absolute Gasteiger partial charge is 0.418 e. The van der Waals surface area contributed by atoms with Gasteiger partial charge < -0.3 is 15.5 Å². The van der Waals surface area contributed by atoms with Gasteiger partial charge in [-0.15, -0.1) is 0 Å². The van der Waals surface area contributed by atoms with Crippen molar-refractivity contribution in [3.8, 4) is 11.5 Å². The Morgan fingerprint density at radius 2 is 1.75 bits per heavy atom. The first-order valence-electron chi connectivity index (χ1n) is 6.34. The summed E-state index contributed by atoms with van der Waals surface area (Å²) in [5.41, 5.74) is 3.74. The van der Waals surface area contributed by atoms with Gasteiger partial charge in [-0.2, -0.15) is 13.2 Å². The molecule has 0 bridgehead atoms. The fraction of sp³-hybridized carbons (Fsp3) is 0.0714. The number of H-pyrrole nitrogens is 1. The Kier molecular flexibility index (Phi) is 3.75. The zero-order chi connectivity index (χ0) is 17.6. The van der Waals surface area contributed by atoms with Gasteiger partial charge in [-0.3, -0.25) is 0 Å². The molecule has 0 spiro atoms. The number of benzene rings is 1. The molecule has 0 saturated heterocycles. The molecule has 4 nitrogen and oxygen atoms in total. The van der Waals surface area contributed by atoms with Crippen molar-refractivity contribution in [2.45, 2.75) is 6.18 Å². The van der Waals surface area contributed by atoms with E-state index in [2.05, 4.69) is 9.97 Å². The molecule has 0 aliphatic carbocycles. The third-order valence-corrected chi connectivity index (χ3v) is 3.31. The van der Waals surface area contributed by atoms with Gasteiger partial charge in [0.25, 0.3) is 0 Å². The molecule has 0 atom stereocenters. The maximum absolute atomic E-state index is 13.8. The molecular weight excluding hydrogens is 357 g/mol. The van der Waals surface area contributed by atoms with Crippen LogP contribution in [0.3, 0.4) is 0 Å². The van der Waals surface area contributed by atoms with Gasteiger partial charge >= 0.3 is 6.18 Å². The highest BCUT2D eigenvalue weighted by molar-refractivity contribution is 6.30. The Morgan fingerprint density at radius 3 is 2.33 bits per heavy atom. The number of aromatic amines is 1. The molecule has 0 fully saturated rings. The van der Waals surface area contributed by atoms with Gasteiger partial charge in [0, 0.05) is 30.1 Å². The van der Waals surface area contributed by atoms with Crippen molar-refractivity contribution in [2.24, 2.45) is 0 Å². The summed E-state index contributed by atoms with van der Waals surface area (Å²) >= 11 is 5.72. The van der Waals surface area contributed by atoms with Crippen LogP contribution in [0.1, 0.15) is 5.56 Å². The Morgan fingerprint density at radius 1 is 1.12 bits per heavy atom. The number of anilines is 1. The van der Waals surface area contributed by atoms with Gasteiger partial charge in [-0.25, -0.2) is 13.8 Å². The Balaban J connectivity index is 2.21. The van der Waals surface area contributed by atoms with Crippen LogP contribution in [-0.4, -0.2) is 9.97 Å². The van der Waals surface area contributed by atoms with Gasteiger partial charge in [-0.1, -0.05) is 11.6 Å². The van der Waals surface area contributed by atoms with Gasteiger partial charge in [0.15, 0.2) is 17.4 Å². The Bertz CT molecular complexity index is 915. The number of nitrogens with one attached hydrogen (secondary N) is 1. The van der Waals surface area contributed by atoms with Crippen molar-refractivity contribution < 1.29 is 26.7 Å². The number of hydrogen-bond donors (Lipinski definition) is 2. The van der Waals surface area contributed by atoms with Crippen molar-refractivity contribution in [1.29, 1.82) is 0 Å². The summed E-state index contributed by atoms with van der Waals surface area (Å²) < 4.78 is 71.9. The Hall–Kier alpha value is -2.55. The molecular formula is C14H7ClF5N3O. The summed E-state index contributed by atoms with van der Waals surface area (Å²) in [6, 6.07) is 2.49. The van der Waals surface area contributed by atoms with Crippen LogP contribution in [0.4, 0.5) is 27.6 Å². The second-order valence-electron chi connectivity index (χ2n) is 4.78. The highest BCUT2D eigenvalue weighted by atomic mass is 35.5. The van der Waals surface area contributed by atoms with Gasteiger partial charge in [0.05, 0.1) is 10.9 Å². The van der Waals surface area contributed by atoms with Crippen LogP contribution >= 0.6 is 11.6 Å². The molecule has 3 N–H and O–H groups in total. The molecule has 0 unspecified atom stereocenters. The summed E-state index contributed by atoms with van der Waals surface area (Å²) in [4.78, 5) is 5.99. The highest BCUT2D eigenvalue weighted by Gasteiger charge is 2.35. The van der Waals surface area contributed by atoms with Crippen LogP contribution in [0.5, 0.6) is 11.5 Å². The summed E-state index contributed by atoms with van der Waals surface area (Å²) in [7, 11) is 0. The molecule has 3 rings (SSSR count). The van der Waals surface area contributed by atoms with Gasteiger partial charge in [0.1, 0.15) is 16.5 Å². The molecule has 0 radical (unpaired) electrons. The third kappa shape index (κ3) is 2.82. The zero-order valence-corrected chi connectivity index (χ0v) is 12.3. The van der Waals surface area contributed by atoms with E-state index in [9.17, 15) is 22.0 Å². The van der Waals surface area contributed by atoms with Crippen LogP contribution in [-0.2, 0) is 6.18 Å². The lowest BCUT2D eigenvalue weighted by Gasteiger charge is -2.12. The molecule has 0 saturated carbocycles. The maximum atomic E-state index is 13.8. The minimum absolute atomic E-state index is 0.201. The predicted molar refractivity (Wildman–Crippen MR) is 77.0 cm³/mol. The lowest BCUT2D eigenvalue weighted by molar-refractivity contribution is -0.136. The number of nitrogens with two attached hydrogens (primary N) is 1. The monoisotopic (exact) mass is 363 g/mol. The topological polar surface area (TPSA) is 63.9 Å². The molecule has 2 aromatic heterocycles. The van der Waals surface area contributed by atoms with Crippen LogP contribution in [0.25, 0.3) is 11.0 Å². The van der Waals surface area contributed by atoms with Crippen molar-refractivity contribution in [3.05, 3.63) is 46.7 Å². The summed E-state index contributed by atoms with van der Waals surface area (Å²) in [6.45, 7) is 0. The number of fused-ring (bicyclic) bond motifs is 1. The summed E-state index contributed by atoms with van der Waals surface area (Å²) in [5, 5.41) is -0.716. The van der Waals surface area contributed by atoms with E-state index in [0.717, 1.165) is 18.2 Å². The lowest BCUT2D eigenvalue weighted by atomic mass is 10.2. The number of rotatable bonds is 2.